The Bertz CT molecular complexity index is 1420. The van der Waals surface area contributed by atoms with Crippen molar-refractivity contribution in [3.63, 3.8) is 0 Å². The highest BCUT2D eigenvalue weighted by molar-refractivity contribution is 7.92. The summed E-state index contributed by atoms with van der Waals surface area (Å²) in [7, 11) is -4.15. The second-order valence-corrected chi connectivity index (χ2v) is 11.9. The summed E-state index contributed by atoms with van der Waals surface area (Å²) in [6, 6.07) is 18.5. The van der Waals surface area contributed by atoms with E-state index in [0.29, 0.717) is 40.9 Å². The molecule has 0 saturated carbocycles. The van der Waals surface area contributed by atoms with Gasteiger partial charge in [-0.3, -0.25) is 13.9 Å². The molecular weight excluding hydrogens is 585 g/mol. The van der Waals surface area contributed by atoms with Crippen LogP contribution >= 0.6 is 23.2 Å². The molecule has 2 amide bonds. The van der Waals surface area contributed by atoms with Crippen LogP contribution in [0.3, 0.4) is 0 Å². The van der Waals surface area contributed by atoms with E-state index in [9.17, 15) is 18.0 Å². The molecule has 0 aliphatic heterocycles. The van der Waals surface area contributed by atoms with Gasteiger partial charge in [-0.2, -0.15) is 0 Å². The Morgan fingerprint density at radius 2 is 1.61 bits per heavy atom. The summed E-state index contributed by atoms with van der Waals surface area (Å²) in [6.07, 6.45) is 1.04. The monoisotopic (exact) mass is 619 g/mol. The Morgan fingerprint density at radius 3 is 2.20 bits per heavy atom. The molecule has 41 heavy (non-hydrogen) atoms. The van der Waals surface area contributed by atoms with Gasteiger partial charge in [0.05, 0.1) is 27.2 Å². The average molecular weight is 621 g/mol. The van der Waals surface area contributed by atoms with Gasteiger partial charge in [0.15, 0.2) is 0 Å². The fourth-order valence-electron chi connectivity index (χ4n) is 4.24. The molecule has 3 rings (SSSR count). The van der Waals surface area contributed by atoms with Crippen LogP contribution in [-0.2, 0) is 26.2 Å². The smallest absolute Gasteiger partial charge is 0.264 e. The van der Waals surface area contributed by atoms with Crippen molar-refractivity contribution >= 4 is 50.7 Å². The van der Waals surface area contributed by atoms with Gasteiger partial charge in [0.2, 0.25) is 11.8 Å². The summed E-state index contributed by atoms with van der Waals surface area (Å²) in [5, 5.41) is 3.52. The summed E-state index contributed by atoms with van der Waals surface area (Å²) < 4.78 is 34.3. The van der Waals surface area contributed by atoms with Crippen molar-refractivity contribution in [3.05, 3.63) is 88.4 Å². The number of nitrogens with zero attached hydrogens (tertiary/aromatic N) is 2. The number of carbonyl (C=O) groups excluding carboxylic acids is 2. The predicted octanol–water partition coefficient (Wildman–Crippen LogP) is 5.92. The van der Waals surface area contributed by atoms with Crippen molar-refractivity contribution in [1.29, 1.82) is 0 Å². The minimum absolute atomic E-state index is 0.0241. The molecule has 0 fully saturated rings. The number of sulfonamides is 1. The molecule has 11 heteroatoms. The molecule has 3 aromatic rings. The third-order valence-corrected chi connectivity index (χ3v) is 8.84. The van der Waals surface area contributed by atoms with E-state index in [1.54, 1.807) is 67.6 Å². The van der Waals surface area contributed by atoms with Gasteiger partial charge in [0.1, 0.15) is 18.3 Å². The van der Waals surface area contributed by atoms with E-state index in [2.05, 4.69) is 5.32 Å². The lowest BCUT2D eigenvalue weighted by molar-refractivity contribution is -0.140. The Kier molecular flexibility index (Phi) is 11.9. The Hall–Kier alpha value is -3.27. The van der Waals surface area contributed by atoms with E-state index in [4.69, 9.17) is 27.9 Å². The number of benzene rings is 3. The van der Waals surface area contributed by atoms with E-state index in [1.807, 2.05) is 13.8 Å². The van der Waals surface area contributed by atoms with Crippen molar-refractivity contribution in [2.45, 2.75) is 51.1 Å². The number of hydrogen-bond acceptors (Lipinski definition) is 5. The molecule has 1 N–H and O–H groups in total. The van der Waals surface area contributed by atoms with Gasteiger partial charge in [-0.15, -0.1) is 0 Å². The number of carbonyl (C=O) groups is 2. The molecular formula is C30H35Cl2N3O5S. The minimum Gasteiger partial charge on any atom is -0.494 e. The molecule has 0 radical (unpaired) electrons. The van der Waals surface area contributed by atoms with Crippen LogP contribution < -0.4 is 14.4 Å². The molecule has 0 saturated heterocycles. The first-order valence-corrected chi connectivity index (χ1v) is 15.6. The number of ether oxygens (including phenoxy) is 1. The average Bonchev–Trinajstić information content (AvgIpc) is 2.97. The second-order valence-electron chi connectivity index (χ2n) is 9.24. The van der Waals surface area contributed by atoms with Crippen LogP contribution in [0.1, 0.15) is 39.2 Å². The summed E-state index contributed by atoms with van der Waals surface area (Å²) in [6.45, 7) is 5.97. The van der Waals surface area contributed by atoms with Crippen LogP contribution in [0.15, 0.2) is 77.7 Å². The maximum Gasteiger partial charge on any atom is 0.264 e. The van der Waals surface area contributed by atoms with Gasteiger partial charge in [0.25, 0.3) is 10.0 Å². The molecule has 0 spiro atoms. The zero-order chi connectivity index (χ0) is 30.0. The maximum absolute atomic E-state index is 14.1. The highest BCUT2D eigenvalue weighted by Gasteiger charge is 2.33. The first kappa shape index (κ1) is 32.2. The second kappa shape index (κ2) is 15.1. The Labute approximate surface area is 252 Å². The highest BCUT2D eigenvalue weighted by Crippen LogP contribution is 2.28. The van der Waals surface area contributed by atoms with Gasteiger partial charge in [-0.25, -0.2) is 8.42 Å². The van der Waals surface area contributed by atoms with Crippen LogP contribution in [0, 0.1) is 0 Å². The molecule has 8 nitrogen and oxygen atoms in total. The lowest BCUT2D eigenvalue weighted by Crippen LogP contribution is -2.52. The molecule has 0 aliphatic carbocycles. The first-order valence-electron chi connectivity index (χ1n) is 13.4. The molecule has 0 bridgehead atoms. The summed E-state index contributed by atoms with van der Waals surface area (Å²) in [4.78, 5) is 28.7. The summed E-state index contributed by atoms with van der Waals surface area (Å²) >= 11 is 12.3. The van der Waals surface area contributed by atoms with E-state index in [0.717, 1.165) is 10.7 Å². The Morgan fingerprint density at radius 1 is 0.927 bits per heavy atom. The van der Waals surface area contributed by atoms with Crippen molar-refractivity contribution in [2.24, 2.45) is 0 Å². The van der Waals surface area contributed by atoms with E-state index < -0.39 is 28.5 Å². The van der Waals surface area contributed by atoms with Gasteiger partial charge < -0.3 is 15.0 Å². The lowest BCUT2D eigenvalue weighted by atomic mass is 10.1. The SMILES string of the molecule is CCCNC(=O)C(CC)N(Cc1ccc(Cl)c(Cl)c1)C(=O)CN(c1ccc(OCC)cc1)S(=O)(=O)c1ccccc1. The molecule has 0 aliphatic rings. The van der Waals surface area contributed by atoms with Crippen molar-refractivity contribution in [1.82, 2.24) is 10.2 Å². The van der Waals surface area contributed by atoms with Crippen LogP contribution in [0.5, 0.6) is 5.75 Å². The summed E-state index contributed by atoms with van der Waals surface area (Å²) in [5.41, 5.74) is 0.927. The van der Waals surface area contributed by atoms with Gasteiger partial charge in [0, 0.05) is 13.1 Å². The van der Waals surface area contributed by atoms with E-state index in [1.165, 1.54) is 17.0 Å². The Balaban J connectivity index is 2.05. The molecule has 0 aromatic heterocycles. The number of nitrogens with one attached hydrogen (secondary N) is 1. The zero-order valence-electron chi connectivity index (χ0n) is 23.3. The third-order valence-electron chi connectivity index (χ3n) is 6.32. The number of amides is 2. The van der Waals surface area contributed by atoms with Crippen LogP contribution in [-0.4, -0.2) is 50.9 Å². The predicted molar refractivity (Wildman–Crippen MR) is 163 cm³/mol. The largest absolute Gasteiger partial charge is 0.494 e. The fraction of sp³-hybridized carbons (Fsp3) is 0.333. The van der Waals surface area contributed by atoms with Crippen molar-refractivity contribution in [2.75, 3.05) is 24.0 Å². The molecule has 0 heterocycles. The fourth-order valence-corrected chi connectivity index (χ4v) is 6.00. The molecule has 220 valence electrons. The number of rotatable bonds is 14. The van der Waals surface area contributed by atoms with Crippen LogP contribution in [0.4, 0.5) is 5.69 Å². The van der Waals surface area contributed by atoms with Gasteiger partial charge in [-0.05, 0) is 73.9 Å². The van der Waals surface area contributed by atoms with E-state index in [-0.39, 0.29) is 23.0 Å². The van der Waals surface area contributed by atoms with Gasteiger partial charge >= 0.3 is 0 Å². The van der Waals surface area contributed by atoms with E-state index >= 15 is 0 Å². The van der Waals surface area contributed by atoms with Crippen LogP contribution in [0.2, 0.25) is 10.0 Å². The lowest BCUT2D eigenvalue weighted by Gasteiger charge is -2.33. The van der Waals surface area contributed by atoms with Crippen LogP contribution in [0.25, 0.3) is 0 Å². The zero-order valence-corrected chi connectivity index (χ0v) is 25.7. The van der Waals surface area contributed by atoms with Crippen molar-refractivity contribution in [3.8, 4) is 5.75 Å². The maximum atomic E-state index is 14.1. The third kappa shape index (κ3) is 8.38. The number of hydrogen-bond donors (Lipinski definition) is 1. The quantitative estimate of drug-likeness (QED) is 0.242. The standard InChI is InChI=1S/C30H35Cl2N3O5S/c1-4-18-33-30(37)28(5-2)34(20-22-12-17-26(31)27(32)19-22)29(36)21-35(23-13-15-24(16-14-23)40-6-3)41(38,39)25-10-8-7-9-11-25/h7-17,19,28H,4-6,18,20-21H2,1-3H3,(H,33,37). The topological polar surface area (TPSA) is 96.0 Å². The molecule has 1 atom stereocenters. The summed E-state index contributed by atoms with van der Waals surface area (Å²) in [5.74, 6) is -0.302. The van der Waals surface area contributed by atoms with Gasteiger partial charge in [-0.1, -0.05) is 61.3 Å². The highest BCUT2D eigenvalue weighted by atomic mass is 35.5. The first-order chi connectivity index (χ1) is 19.6. The normalized spacial score (nSPS) is 11.9. The number of halogens is 2. The van der Waals surface area contributed by atoms with Crippen molar-refractivity contribution < 1.29 is 22.7 Å². The number of anilines is 1. The minimum atomic E-state index is -4.15. The molecule has 1 unspecified atom stereocenters. The molecule has 3 aromatic carbocycles.